The molecular weight excluding hydrogens is 166 g/mol. The van der Waals surface area contributed by atoms with Crippen molar-refractivity contribution in [3.8, 4) is 0 Å². The monoisotopic (exact) mass is 169 g/mol. The molecule has 6 heteroatoms. The molecule has 0 spiro atoms. The summed E-state index contributed by atoms with van der Waals surface area (Å²) in [4.78, 5) is 15.3. The van der Waals surface area contributed by atoms with Crippen LogP contribution in [0.1, 0.15) is 0 Å². The van der Waals surface area contributed by atoms with Crippen LogP contribution in [0.25, 0.3) is 0 Å². The number of hydrogen-bond acceptors (Lipinski definition) is 1. The second-order valence-corrected chi connectivity index (χ2v) is 4.36. The van der Waals surface area contributed by atoms with Gasteiger partial charge < -0.3 is 0 Å². The predicted molar refractivity (Wildman–Crippen MR) is 19.2 cm³/mol. The second kappa shape index (κ2) is 4.39. The molecule has 0 aromatic rings. The Morgan fingerprint density at radius 3 is 1.50 bits per heavy atom. The number of hydrogen-bond donors (Lipinski definition) is 2. The minimum atomic E-state index is -3.64. The van der Waals surface area contributed by atoms with E-state index in [-0.39, 0.29) is 51.4 Å². The standard InChI is InChI=1S/K.HO3P.Ti.H/c;1-4(2)3;;/h;(H-,1,2,3);;/q;;-1;/p+1. The van der Waals surface area contributed by atoms with Gasteiger partial charge >= 0.3 is 91.2 Å². The molecule has 0 aromatic heterocycles. The first-order valence-corrected chi connectivity index (χ1v) is 4.51. The van der Waals surface area contributed by atoms with Crippen molar-refractivity contribution in [1.82, 2.24) is 0 Å². The van der Waals surface area contributed by atoms with Crippen LogP contribution >= 0.6 is 5.59 Å². The second-order valence-electron chi connectivity index (χ2n) is 0.544. The summed E-state index contributed by atoms with van der Waals surface area (Å²) in [6, 6.07) is 0. The molecule has 0 aliphatic heterocycles. The third-order valence-corrected chi connectivity index (χ3v) is 0. The quantitative estimate of drug-likeness (QED) is 0.360. The van der Waals surface area contributed by atoms with Crippen molar-refractivity contribution in [1.29, 1.82) is 0 Å². The van der Waals surface area contributed by atoms with E-state index >= 15 is 0 Å². The first-order chi connectivity index (χ1) is 2.00. The van der Waals surface area contributed by atoms with Gasteiger partial charge in [-0.15, -0.1) is 0 Å². The molecule has 6 heavy (non-hydrogen) atoms. The maximum atomic E-state index is 9.33. The van der Waals surface area contributed by atoms with Gasteiger partial charge in [0.05, 0.1) is 0 Å². The van der Waals surface area contributed by atoms with Gasteiger partial charge in [-0.05, 0) is 0 Å². The van der Waals surface area contributed by atoms with Gasteiger partial charge in [0, 0.05) is 0 Å². The minimum absolute atomic E-state index is 0. The van der Waals surface area contributed by atoms with E-state index in [0.29, 0.717) is 0 Å². The van der Waals surface area contributed by atoms with E-state index in [4.69, 9.17) is 9.79 Å². The normalized spacial score (nSPS) is 9.50. The molecule has 2 N–H and O–H groups in total. The molecule has 0 saturated heterocycles. The van der Waals surface area contributed by atoms with Gasteiger partial charge in [-0.3, -0.25) is 0 Å². The molecule has 0 bridgehead atoms. The van der Waals surface area contributed by atoms with Crippen LogP contribution in [0, 0.1) is 0 Å². The van der Waals surface area contributed by atoms with Crippen molar-refractivity contribution < 1.29 is 34.3 Å². The van der Waals surface area contributed by atoms with E-state index in [1.165, 1.54) is 0 Å². The molecule has 3 nitrogen and oxygen atoms in total. The van der Waals surface area contributed by atoms with E-state index in [1.807, 2.05) is 0 Å². The summed E-state index contributed by atoms with van der Waals surface area (Å²) in [6.45, 7) is 0. The van der Waals surface area contributed by atoms with Gasteiger partial charge in [-0.2, -0.15) is 0 Å². The Bertz CT molecular complexity index is 56.9. The Kier molecular flexibility index (Phi) is 8.27. The SMILES string of the molecule is O=[P](O)(O)[Ti].[KH]. The molecular formula is H3KO3PTi. The molecule has 0 aliphatic carbocycles. The topological polar surface area (TPSA) is 57.5 Å². The first kappa shape index (κ1) is 11.3. The van der Waals surface area contributed by atoms with Gasteiger partial charge in [-0.1, -0.05) is 0 Å². The van der Waals surface area contributed by atoms with Gasteiger partial charge in [0.15, 0.2) is 0 Å². The van der Waals surface area contributed by atoms with Crippen molar-refractivity contribution in [2.45, 2.75) is 0 Å². The van der Waals surface area contributed by atoms with Crippen LogP contribution in [0.2, 0.25) is 0 Å². The van der Waals surface area contributed by atoms with Crippen LogP contribution in [0.5, 0.6) is 0 Å². The van der Waals surface area contributed by atoms with Crippen molar-refractivity contribution in [2.24, 2.45) is 0 Å². The maximum absolute atomic E-state index is 9.33. The number of rotatable bonds is 0. The summed E-state index contributed by atoms with van der Waals surface area (Å²) in [5.41, 5.74) is -3.64. The summed E-state index contributed by atoms with van der Waals surface area (Å²) < 4.78 is 9.33. The Morgan fingerprint density at radius 2 is 1.50 bits per heavy atom. The first-order valence-electron chi connectivity index (χ1n) is 0.806. The van der Waals surface area contributed by atoms with Crippen LogP contribution in [0.3, 0.4) is 0 Å². The van der Waals surface area contributed by atoms with E-state index in [0.717, 1.165) is 19.9 Å². The molecule has 0 radical (unpaired) electrons. The van der Waals surface area contributed by atoms with Crippen LogP contribution in [-0.2, 0) is 24.5 Å². The Labute approximate surface area is 89.3 Å². The fraction of sp³-hybridized carbons (Fsp3) is 0. The van der Waals surface area contributed by atoms with E-state index in [1.54, 1.807) is 0 Å². The van der Waals surface area contributed by atoms with Gasteiger partial charge in [0.2, 0.25) is 0 Å². The average molecular weight is 169 g/mol. The van der Waals surface area contributed by atoms with Gasteiger partial charge in [0.25, 0.3) is 0 Å². The molecule has 0 rings (SSSR count). The zero-order valence-corrected chi connectivity index (χ0v) is 4.71. The van der Waals surface area contributed by atoms with Crippen molar-refractivity contribution >= 4 is 57.0 Å². The van der Waals surface area contributed by atoms with E-state index in [9.17, 15) is 4.57 Å². The average Bonchev–Trinajstić information content (AvgIpc) is 0.722. The van der Waals surface area contributed by atoms with E-state index in [2.05, 4.69) is 0 Å². The summed E-state index contributed by atoms with van der Waals surface area (Å²) in [5.74, 6) is 0. The zero-order valence-electron chi connectivity index (χ0n) is 2.25. The van der Waals surface area contributed by atoms with Crippen LogP contribution in [-0.4, -0.2) is 61.2 Å². The summed E-state index contributed by atoms with van der Waals surface area (Å²) in [6.07, 6.45) is 0. The molecule has 0 amide bonds. The molecule has 0 atom stereocenters. The molecule has 0 fully saturated rings. The van der Waals surface area contributed by atoms with Crippen LogP contribution in [0.15, 0.2) is 0 Å². The molecule has 0 unspecified atom stereocenters. The summed E-state index contributed by atoms with van der Waals surface area (Å²) in [7, 11) is 0. The summed E-state index contributed by atoms with van der Waals surface area (Å²) >= 11 is 0.854. The fourth-order valence-corrected chi connectivity index (χ4v) is 0. The third-order valence-electron chi connectivity index (χ3n) is 0. The molecule has 0 heterocycles. The third kappa shape index (κ3) is 31.5. The van der Waals surface area contributed by atoms with Gasteiger partial charge in [0.1, 0.15) is 0 Å². The van der Waals surface area contributed by atoms with Crippen LogP contribution < -0.4 is 0 Å². The van der Waals surface area contributed by atoms with Crippen molar-refractivity contribution in [3.05, 3.63) is 0 Å². The molecule has 0 aromatic carbocycles. The molecule has 0 saturated carbocycles. The Hall–Kier alpha value is 2.50. The molecule has 31 valence electrons. The Morgan fingerprint density at radius 1 is 1.50 bits per heavy atom. The van der Waals surface area contributed by atoms with Crippen molar-refractivity contribution in [3.63, 3.8) is 0 Å². The zero-order chi connectivity index (χ0) is 4.50. The van der Waals surface area contributed by atoms with Gasteiger partial charge in [-0.25, -0.2) is 0 Å². The van der Waals surface area contributed by atoms with Crippen LogP contribution in [0.4, 0.5) is 0 Å². The Balaban J connectivity index is 0. The molecule has 0 aliphatic rings. The fourth-order valence-electron chi connectivity index (χ4n) is 0. The predicted octanol–water partition coefficient (Wildman–Crippen LogP) is -1.02. The summed E-state index contributed by atoms with van der Waals surface area (Å²) in [5, 5.41) is 0. The van der Waals surface area contributed by atoms with E-state index < -0.39 is 5.59 Å². The van der Waals surface area contributed by atoms with Crippen molar-refractivity contribution in [2.75, 3.05) is 0 Å².